The van der Waals surface area contributed by atoms with Crippen LogP contribution in [-0.2, 0) is 24.3 Å². The van der Waals surface area contributed by atoms with E-state index in [0.717, 1.165) is 17.7 Å². The van der Waals surface area contributed by atoms with Gasteiger partial charge in [0.25, 0.3) is 5.91 Å². The van der Waals surface area contributed by atoms with Crippen LogP contribution < -0.4 is 10.5 Å². The molecule has 0 aliphatic heterocycles. The number of likely N-dealkylation sites (N-methyl/N-ethyl adjacent to an activating group) is 1. The molecular formula is C40H47N3O7. The summed E-state index contributed by atoms with van der Waals surface area (Å²) in [6.45, 7) is 6.62. The number of carbonyl (C=O) groups excluding carboxylic acids is 2. The van der Waals surface area contributed by atoms with Gasteiger partial charge in [0.1, 0.15) is 28.6 Å². The van der Waals surface area contributed by atoms with Gasteiger partial charge in [-0.15, -0.1) is 6.58 Å². The molecule has 0 radical (unpaired) electrons. The summed E-state index contributed by atoms with van der Waals surface area (Å²) in [4.78, 5) is 31.0. The van der Waals surface area contributed by atoms with Crippen LogP contribution in [0.4, 0.5) is 0 Å². The van der Waals surface area contributed by atoms with Crippen molar-refractivity contribution in [3.63, 3.8) is 0 Å². The lowest BCUT2D eigenvalue weighted by molar-refractivity contribution is -0.120. The number of aliphatic hydroxyl groups excluding tert-OH is 2. The fourth-order valence-electron chi connectivity index (χ4n) is 7.99. The van der Waals surface area contributed by atoms with Crippen LogP contribution in [0, 0.1) is 11.8 Å². The number of primary amides is 1. The molecule has 2 aliphatic carbocycles. The number of hydrogen-bond acceptors (Lipinski definition) is 9. The number of ketones is 1. The first-order valence-electron chi connectivity index (χ1n) is 16.7. The maximum absolute atomic E-state index is 14.5. The lowest BCUT2D eigenvalue weighted by Gasteiger charge is -2.50. The van der Waals surface area contributed by atoms with Crippen LogP contribution in [0.25, 0.3) is 11.1 Å². The number of fused-ring (bicyclic) bond motifs is 1. The Bertz CT molecular complexity index is 1860. The van der Waals surface area contributed by atoms with Gasteiger partial charge in [0, 0.05) is 24.2 Å². The van der Waals surface area contributed by atoms with Gasteiger partial charge in [0.05, 0.1) is 30.2 Å². The number of ether oxygens (including phenoxy) is 1. The zero-order valence-electron chi connectivity index (χ0n) is 29.3. The van der Waals surface area contributed by atoms with Crippen molar-refractivity contribution in [1.29, 1.82) is 0 Å². The predicted molar refractivity (Wildman–Crippen MR) is 193 cm³/mol. The number of phenolic OH excluding ortho intramolecular Hbond substituents is 1. The maximum atomic E-state index is 14.5. The molecule has 0 heterocycles. The van der Waals surface area contributed by atoms with Gasteiger partial charge in [-0.25, -0.2) is 0 Å². The maximum Gasteiger partial charge on any atom is 0.251 e. The zero-order chi connectivity index (χ0) is 36.5. The number of nitrogens with zero attached hydrogens (tertiary/aromatic N) is 2. The Hall–Kier alpha value is -4.90. The van der Waals surface area contributed by atoms with Gasteiger partial charge in [-0.1, -0.05) is 48.5 Å². The first-order valence-corrected chi connectivity index (χ1v) is 16.7. The standard InChI is InChI=1S/C40H47N3O7/c1-7-11-26-25(29-20-24(14-19-31(29)50-6)22-43(5)21-23-12-9-8-10-13-23)17-18-30(44)32(26)36(45)28-16-15-27-33(37(28)46)40(2,49)34(39(41)48)38(47)35(27)42(3)4/h7-10,12-14,17-20,27,33,35,44,46-47,49H,1,11,15-16,21-22H2,2-6H3,(H2,41,48)/t27?,33?,35-,40-/m0/s1. The summed E-state index contributed by atoms with van der Waals surface area (Å²) in [5, 5.41) is 45.9. The van der Waals surface area contributed by atoms with E-state index >= 15 is 0 Å². The normalized spacial score (nSPS) is 22.1. The summed E-state index contributed by atoms with van der Waals surface area (Å²) in [5.74, 6) is -3.74. The van der Waals surface area contributed by atoms with Gasteiger partial charge in [0.2, 0.25) is 0 Å². The average molecular weight is 682 g/mol. The number of nitrogens with two attached hydrogens (primary N) is 1. The molecule has 0 spiro atoms. The van der Waals surface area contributed by atoms with E-state index in [2.05, 4.69) is 23.6 Å². The van der Waals surface area contributed by atoms with E-state index in [1.54, 1.807) is 38.2 Å². The van der Waals surface area contributed by atoms with Crippen LogP contribution in [0.2, 0.25) is 0 Å². The topological polar surface area (TPSA) is 157 Å². The van der Waals surface area contributed by atoms with Crippen LogP contribution in [0.1, 0.15) is 46.8 Å². The Morgan fingerprint density at radius 2 is 1.66 bits per heavy atom. The quantitative estimate of drug-likeness (QED) is 0.124. The molecule has 10 heteroatoms. The van der Waals surface area contributed by atoms with Gasteiger partial charge in [-0.05, 0) is 93.7 Å². The van der Waals surface area contributed by atoms with Gasteiger partial charge >= 0.3 is 0 Å². The van der Waals surface area contributed by atoms with Gasteiger partial charge in [-0.3, -0.25) is 19.4 Å². The van der Waals surface area contributed by atoms with Crippen molar-refractivity contribution in [1.82, 2.24) is 9.80 Å². The minimum atomic E-state index is -2.07. The highest BCUT2D eigenvalue weighted by Crippen LogP contribution is 2.51. The molecule has 0 aromatic heterocycles. The van der Waals surface area contributed by atoms with E-state index in [1.165, 1.54) is 18.6 Å². The van der Waals surface area contributed by atoms with Crippen molar-refractivity contribution in [2.75, 3.05) is 28.3 Å². The van der Waals surface area contributed by atoms with Gasteiger partial charge in [-0.2, -0.15) is 0 Å². The lowest BCUT2D eigenvalue weighted by Crippen LogP contribution is -2.58. The molecule has 50 heavy (non-hydrogen) atoms. The predicted octanol–water partition coefficient (Wildman–Crippen LogP) is 5.44. The third-order valence-electron chi connectivity index (χ3n) is 10.1. The molecule has 4 atom stereocenters. The van der Waals surface area contributed by atoms with Gasteiger partial charge < -0.3 is 30.9 Å². The summed E-state index contributed by atoms with van der Waals surface area (Å²) < 4.78 is 5.77. The molecule has 2 aliphatic rings. The highest BCUT2D eigenvalue weighted by molar-refractivity contribution is 6.13. The highest BCUT2D eigenvalue weighted by Gasteiger charge is 2.57. The number of aliphatic hydroxyl groups is 3. The smallest absolute Gasteiger partial charge is 0.251 e. The summed E-state index contributed by atoms with van der Waals surface area (Å²) >= 11 is 0. The van der Waals surface area contributed by atoms with Crippen LogP contribution in [0.5, 0.6) is 11.5 Å². The molecule has 264 valence electrons. The molecule has 0 fully saturated rings. The molecule has 2 unspecified atom stereocenters. The van der Waals surface area contributed by atoms with Crippen LogP contribution in [0.3, 0.4) is 0 Å². The first kappa shape index (κ1) is 36.4. The fourth-order valence-corrected chi connectivity index (χ4v) is 7.99. The van der Waals surface area contributed by atoms with Crippen LogP contribution in [0.15, 0.2) is 96.0 Å². The molecule has 0 saturated heterocycles. The summed E-state index contributed by atoms with van der Waals surface area (Å²) in [6.07, 6.45) is 2.27. The third-order valence-corrected chi connectivity index (χ3v) is 10.1. The largest absolute Gasteiger partial charge is 0.511 e. The van der Waals surface area contributed by atoms with E-state index in [1.807, 2.05) is 43.4 Å². The lowest BCUT2D eigenvalue weighted by atomic mass is 9.60. The number of aromatic hydroxyl groups is 1. The number of benzene rings is 3. The number of hydrogen-bond donors (Lipinski definition) is 5. The van der Waals surface area contributed by atoms with Crippen LogP contribution in [-0.4, -0.2) is 81.8 Å². The van der Waals surface area contributed by atoms with Crippen LogP contribution >= 0.6 is 0 Å². The number of methoxy groups -OCH3 is 1. The van der Waals surface area contributed by atoms with E-state index in [0.29, 0.717) is 29.8 Å². The van der Waals surface area contributed by atoms with E-state index in [-0.39, 0.29) is 35.5 Å². The third kappa shape index (κ3) is 6.66. The van der Waals surface area contributed by atoms with E-state index in [9.17, 15) is 30.0 Å². The number of rotatable bonds is 12. The summed E-state index contributed by atoms with van der Waals surface area (Å²) in [7, 11) is 7.05. The Labute approximate surface area is 293 Å². The Kier molecular flexibility index (Phi) is 10.6. The Morgan fingerprint density at radius 3 is 2.28 bits per heavy atom. The van der Waals surface area contributed by atoms with Crippen molar-refractivity contribution < 1.29 is 34.8 Å². The Morgan fingerprint density at radius 1 is 0.980 bits per heavy atom. The number of phenols is 1. The molecule has 5 rings (SSSR count). The van der Waals surface area contributed by atoms with Crippen molar-refractivity contribution in [3.8, 4) is 22.6 Å². The van der Waals surface area contributed by atoms with Gasteiger partial charge in [0.15, 0.2) is 5.78 Å². The average Bonchev–Trinajstić information content (AvgIpc) is 3.04. The number of amides is 1. The minimum absolute atomic E-state index is 0.00387. The second-order valence-electron chi connectivity index (χ2n) is 13.7. The summed E-state index contributed by atoms with van der Waals surface area (Å²) in [6, 6.07) is 18.5. The second-order valence-corrected chi connectivity index (χ2v) is 13.7. The molecule has 0 saturated carbocycles. The second kappa shape index (κ2) is 14.5. The van der Waals surface area contributed by atoms with Crippen molar-refractivity contribution >= 4 is 11.7 Å². The molecule has 3 aromatic rings. The minimum Gasteiger partial charge on any atom is -0.511 e. The SMILES string of the molecule is C=CCc1c(-c2cc(CN(C)Cc3ccccc3)ccc2OC)ccc(O)c1C(=O)C1=C(O)C2C(CC1)[C@H](N(C)C)C(O)=C(C(N)=O)[C@@]2(C)O. The van der Waals surface area contributed by atoms with Crippen molar-refractivity contribution in [2.24, 2.45) is 17.6 Å². The molecule has 10 nitrogen and oxygen atoms in total. The van der Waals surface area contributed by atoms with Crippen molar-refractivity contribution in [2.45, 2.75) is 50.9 Å². The molecule has 1 amide bonds. The first-order chi connectivity index (χ1) is 23.7. The molecular weight excluding hydrogens is 634 g/mol. The van der Waals surface area contributed by atoms with E-state index in [4.69, 9.17) is 10.5 Å². The zero-order valence-corrected chi connectivity index (χ0v) is 29.3. The van der Waals surface area contributed by atoms with E-state index < -0.39 is 46.5 Å². The fraction of sp³-hybridized carbons (Fsp3) is 0.350. The summed E-state index contributed by atoms with van der Waals surface area (Å²) in [5.41, 5.74) is 7.25. The molecule has 0 bridgehead atoms. The molecule has 3 aromatic carbocycles. The number of allylic oxidation sites excluding steroid dienone is 2. The van der Waals surface area contributed by atoms with Crippen molar-refractivity contribution in [3.05, 3.63) is 118 Å². The number of Topliss-reactive ketones (excluding diaryl/α,β-unsaturated/α-hetero) is 1. The monoisotopic (exact) mass is 681 g/mol. The highest BCUT2D eigenvalue weighted by atomic mass is 16.5. The molecule has 6 N–H and O–H groups in total. The number of carbonyl (C=O) groups is 2. The Balaban J connectivity index is 1.59.